The van der Waals surface area contributed by atoms with Crippen molar-refractivity contribution in [2.75, 3.05) is 7.05 Å². The number of hydrazone groups is 1. The number of rotatable bonds is 5. The SMILES string of the molecule is CN1N=C(C(=O)N[C@@H]2CC(Cn3ccnc3-c3ccccc3)C[C@H]2O)CCC1=O. The van der Waals surface area contributed by atoms with E-state index < -0.39 is 6.10 Å². The first kappa shape index (κ1) is 19.3. The summed E-state index contributed by atoms with van der Waals surface area (Å²) in [7, 11) is 1.55. The van der Waals surface area contributed by atoms with Crippen LogP contribution in [0.5, 0.6) is 0 Å². The molecule has 29 heavy (non-hydrogen) atoms. The number of nitrogens with zero attached hydrogens (tertiary/aromatic N) is 4. The van der Waals surface area contributed by atoms with Gasteiger partial charge in [-0.3, -0.25) is 9.59 Å². The van der Waals surface area contributed by atoms with Crippen molar-refractivity contribution in [1.82, 2.24) is 19.9 Å². The average molecular weight is 395 g/mol. The van der Waals surface area contributed by atoms with E-state index >= 15 is 0 Å². The molecule has 8 heteroatoms. The zero-order valence-electron chi connectivity index (χ0n) is 16.4. The van der Waals surface area contributed by atoms with Gasteiger partial charge in [0, 0.05) is 44.4 Å². The molecule has 2 amide bonds. The maximum absolute atomic E-state index is 12.5. The number of imidazole rings is 1. The molecule has 0 bridgehead atoms. The largest absolute Gasteiger partial charge is 0.391 e. The summed E-state index contributed by atoms with van der Waals surface area (Å²) in [6.07, 6.45) is 5.04. The molecule has 1 aromatic carbocycles. The minimum absolute atomic E-state index is 0.0999. The van der Waals surface area contributed by atoms with Gasteiger partial charge in [0.2, 0.25) is 5.91 Å². The molecule has 1 aliphatic carbocycles. The molecule has 2 aliphatic rings. The Labute approximate surface area is 169 Å². The van der Waals surface area contributed by atoms with Crippen LogP contribution in [-0.2, 0) is 16.1 Å². The monoisotopic (exact) mass is 395 g/mol. The van der Waals surface area contributed by atoms with E-state index in [-0.39, 0.29) is 30.2 Å². The Balaban J connectivity index is 1.39. The summed E-state index contributed by atoms with van der Waals surface area (Å²) in [6.45, 7) is 0.728. The zero-order chi connectivity index (χ0) is 20.4. The Morgan fingerprint density at radius 1 is 1.24 bits per heavy atom. The van der Waals surface area contributed by atoms with Gasteiger partial charge in [0.15, 0.2) is 0 Å². The third-order valence-corrected chi connectivity index (χ3v) is 5.61. The smallest absolute Gasteiger partial charge is 0.267 e. The quantitative estimate of drug-likeness (QED) is 0.800. The summed E-state index contributed by atoms with van der Waals surface area (Å²) < 4.78 is 2.10. The summed E-state index contributed by atoms with van der Waals surface area (Å²) in [5, 5.41) is 18.6. The maximum atomic E-state index is 12.5. The van der Waals surface area contributed by atoms with Crippen LogP contribution in [0.1, 0.15) is 25.7 Å². The van der Waals surface area contributed by atoms with Crippen LogP contribution in [0.15, 0.2) is 47.8 Å². The Kier molecular flexibility index (Phi) is 5.44. The molecule has 3 atom stereocenters. The summed E-state index contributed by atoms with van der Waals surface area (Å²) in [5.74, 6) is 0.722. The van der Waals surface area contributed by atoms with Crippen molar-refractivity contribution in [3.8, 4) is 11.4 Å². The highest BCUT2D eigenvalue weighted by Crippen LogP contribution is 2.29. The lowest BCUT2D eigenvalue weighted by molar-refractivity contribution is -0.130. The Morgan fingerprint density at radius 2 is 2.03 bits per heavy atom. The average Bonchev–Trinajstić information content (AvgIpc) is 3.31. The topological polar surface area (TPSA) is 99.8 Å². The fourth-order valence-corrected chi connectivity index (χ4v) is 4.09. The van der Waals surface area contributed by atoms with Crippen molar-refractivity contribution in [2.24, 2.45) is 11.0 Å². The Morgan fingerprint density at radius 3 is 2.79 bits per heavy atom. The third-order valence-electron chi connectivity index (χ3n) is 5.61. The Hall–Kier alpha value is -3.00. The lowest BCUT2D eigenvalue weighted by atomic mass is 10.1. The van der Waals surface area contributed by atoms with Crippen LogP contribution in [0.25, 0.3) is 11.4 Å². The molecule has 1 aliphatic heterocycles. The van der Waals surface area contributed by atoms with Gasteiger partial charge < -0.3 is 15.0 Å². The third kappa shape index (κ3) is 4.22. The Bertz CT molecular complexity index is 923. The molecule has 1 fully saturated rings. The number of amides is 2. The minimum atomic E-state index is -0.601. The standard InChI is InChI=1S/C21H25N5O3/c1-25-19(28)8-7-16(24-25)21(29)23-17-11-14(12-18(17)27)13-26-10-9-22-20(26)15-5-3-2-4-6-15/h2-6,9-10,14,17-18,27H,7-8,11-13H2,1H3,(H,23,29)/t14?,17-,18-/m1/s1. The molecule has 0 spiro atoms. The van der Waals surface area contributed by atoms with Crippen LogP contribution in [-0.4, -0.2) is 56.4 Å². The molecule has 8 nitrogen and oxygen atoms in total. The van der Waals surface area contributed by atoms with Gasteiger partial charge in [0.25, 0.3) is 5.91 Å². The molecule has 1 unspecified atom stereocenters. The molecule has 4 rings (SSSR count). The number of aromatic nitrogens is 2. The van der Waals surface area contributed by atoms with Crippen molar-refractivity contribution in [1.29, 1.82) is 0 Å². The van der Waals surface area contributed by atoms with Crippen molar-refractivity contribution < 1.29 is 14.7 Å². The van der Waals surface area contributed by atoms with Gasteiger partial charge in [0.1, 0.15) is 11.5 Å². The second kappa shape index (κ2) is 8.16. The van der Waals surface area contributed by atoms with Crippen LogP contribution in [0.3, 0.4) is 0 Å². The first-order valence-electron chi connectivity index (χ1n) is 9.91. The van der Waals surface area contributed by atoms with Crippen molar-refractivity contribution in [2.45, 2.75) is 44.4 Å². The van der Waals surface area contributed by atoms with Crippen LogP contribution >= 0.6 is 0 Å². The molecule has 152 valence electrons. The molecule has 1 aromatic heterocycles. The number of nitrogens with one attached hydrogen (secondary N) is 1. The van der Waals surface area contributed by atoms with E-state index in [0.717, 1.165) is 17.9 Å². The summed E-state index contributed by atoms with van der Waals surface area (Å²) >= 11 is 0. The van der Waals surface area contributed by atoms with E-state index in [2.05, 4.69) is 20.0 Å². The second-order valence-electron chi connectivity index (χ2n) is 7.72. The highest BCUT2D eigenvalue weighted by Gasteiger charge is 2.35. The number of aliphatic hydroxyl groups is 1. The van der Waals surface area contributed by atoms with Gasteiger partial charge in [-0.05, 0) is 18.8 Å². The number of hydrogen-bond donors (Lipinski definition) is 2. The first-order valence-corrected chi connectivity index (χ1v) is 9.91. The van der Waals surface area contributed by atoms with Crippen LogP contribution < -0.4 is 5.32 Å². The number of benzene rings is 1. The van der Waals surface area contributed by atoms with Crippen LogP contribution in [0, 0.1) is 5.92 Å². The zero-order valence-corrected chi connectivity index (χ0v) is 16.4. The van der Waals surface area contributed by atoms with Crippen LogP contribution in [0.4, 0.5) is 0 Å². The van der Waals surface area contributed by atoms with E-state index in [1.54, 1.807) is 13.2 Å². The van der Waals surface area contributed by atoms with Gasteiger partial charge in [-0.2, -0.15) is 5.10 Å². The second-order valence-corrected chi connectivity index (χ2v) is 7.72. The number of carbonyl (C=O) groups excluding carboxylic acids is 2. The lowest BCUT2D eigenvalue weighted by Crippen LogP contribution is -2.45. The maximum Gasteiger partial charge on any atom is 0.267 e. The van der Waals surface area contributed by atoms with Crippen molar-refractivity contribution >= 4 is 17.5 Å². The fourth-order valence-electron chi connectivity index (χ4n) is 4.09. The summed E-state index contributed by atoms with van der Waals surface area (Å²) in [4.78, 5) is 28.5. The predicted molar refractivity (Wildman–Crippen MR) is 108 cm³/mol. The van der Waals surface area contributed by atoms with Gasteiger partial charge in [-0.15, -0.1) is 0 Å². The summed E-state index contributed by atoms with van der Waals surface area (Å²) in [6, 6.07) is 9.68. The molecule has 1 saturated carbocycles. The van der Waals surface area contributed by atoms with Gasteiger partial charge in [0.05, 0.1) is 12.1 Å². The fraction of sp³-hybridized carbons (Fsp3) is 0.429. The highest BCUT2D eigenvalue weighted by atomic mass is 16.3. The van der Waals surface area contributed by atoms with Crippen molar-refractivity contribution in [3.05, 3.63) is 42.7 Å². The van der Waals surface area contributed by atoms with Crippen molar-refractivity contribution in [3.63, 3.8) is 0 Å². The van der Waals surface area contributed by atoms with E-state index in [1.165, 1.54) is 5.01 Å². The first-order chi connectivity index (χ1) is 14.0. The molecular weight excluding hydrogens is 370 g/mol. The lowest BCUT2D eigenvalue weighted by Gasteiger charge is -2.21. The predicted octanol–water partition coefficient (Wildman–Crippen LogP) is 1.41. The van der Waals surface area contributed by atoms with E-state index in [0.29, 0.717) is 25.0 Å². The molecule has 2 heterocycles. The molecular formula is C21H25N5O3. The number of carbonyl (C=O) groups is 2. The number of aliphatic hydroxyl groups excluding tert-OH is 1. The van der Waals surface area contributed by atoms with Gasteiger partial charge in [-0.1, -0.05) is 30.3 Å². The number of hydrogen-bond acceptors (Lipinski definition) is 5. The minimum Gasteiger partial charge on any atom is -0.391 e. The summed E-state index contributed by atoms with van der Waals surface area (Å²) in [5.41, 5.74) is 1.39. The van der Waals surface area contributed by atoms with Crippen LogP contribution in [0.2, 0.25) is 0 Å². The normalized spacial score (nSPS) is 24.5. The van der Waals surface area contributed by atoms with E-state index in [9.17, 15) is 14.7 Å². The van der Waals surface area contributed by atoms with Gasteiger partial charge in [-0.25, -0.2) is 9.99 Å². The van der Waals surface area contributed by atoms with E-state index in [1.807, 2.05) is 36.5 Å². The molecule has 2 aromatic rings. The molecule has 2 N–H and O–H groups in total. The van der Waals surface area contributed by atoms with Gasteiger partial charge >= 0.3 is 0 Å². The molecule has 0 saturated heterocycles. The molecule has 0 radical (unpaired) electrons. The van der Waals surface area contributed by atoms with E-state index in [4.69, 9.17) is 0 Å². The highest BCUT2D eigenvalue weighted by molar-refractivity contribution is 6.39.